The first-order valence-electron chi connectivity index (χ1n) is 4.83. The van der Waals surface area contributed by atoms with E-state index in [1.54, 1.807) is 7.05 Å². The second-order valence-corrected chi connectivity index (χ2v) is 3.83. The zero-order valence-electron chi connectivity index (χ0n) is 8.06. The number of carbonyl (C=O) groups is 2. The summed E-state index contributed by atoms with van der Waals surface area (Å²) >= 11 is 0. The minimum Gasteiger partial charge on any atom is -0.396 e. The molecule has 0 bridgehead atoms. The Hall–Kier alpha value is -0.940. The maximum absolute atomic E-state index is 11.6. The molecule has 14 heavy (non-hydrogen) atoms. The van der Waals surface area contributed by atoms with Crippen LogP contribution in [0.1, 0.15) is 0 Å². The molecule has 2 unspecified atom stereocenters. The highest BCUT2D eigenvalue weighted by atomic mass is 16.3. The van der Waals surface area contributed by atoms with E-state index in [4.69, 9.17) is 5.11 Å². The molecule has 2 rings (SSSR count). The average molecular weight is 198 g/mol. The van der Waals surface area contributed by atoms with Gasteiger partial charge in [0.25, 0.3) is 0 Å². The van der Waals surface area contributed by atoms with Gasteiger partial charge in [-0.3, -0.25) is 14.5 Å². The number of piperidine rings is 1. The number of aliphatic hydroxyl groups excluding tert-OH is 1. The Balaban J connectivity index is 1.99. The van der Waals surface area contributed by atoms with Crippen LogP contribution >= 0.6 is 0 Å². The van der Waals surface area contributed by atoms with E-state index in [9.17, 15) is 9.59 Å². The third-order valence-corrected chi connectivity index (χ3v) is 3.07. The number of carbonyl (C=O) groups excluding carboxylic acids is 2. The molecule has 5 heteroatoms. The SMILES string of the molecule is CNCCN1C(=O)C2C(CO)C2C1=O. The summed E-state index contributed by atoms with van der Waals surface area (Å²) < 4.78 is 0. The molecule has 0 radical (unpaired) electrons. The minimum atomic E-state index is -0.218. The number of nitrogens with one attached hydrogen (secondary N) is 1. The predicted molar refractivity (Wildman–Crippen MR) is 48.2 cm³/mol. The van der Waals surface area contributed by atoms with E-state index in [-0.39, 0.29) is 36.2 Å². The highest BCUT2D eigenvalue weighted by Crippen LogP contribution is 2.52. The fourth-order valence-corrected chi connectivity index (χ4v) is 2.19. The van der Waals surface area contributed by atoms with E-state index in [0.717, 1.165) is 0 Å². The normalized spacial score (nSPS) is 35.0. The topological polar surface area (TPSA) is 69.6 Å². The van der Waals surface area contributed by atoms with Crippen LogP contribution in [0.4, 0.5) is 0 Å². The molecule has 1 heterocycles. The summed E-state index contributed by atoms with van der Waals surface area (Å²) in [5, 5.41) is 11.8. The number of fused-ring (bicyclic) bond motifs is 1. The number of rotatable bonds is 4. The Morgan fingerprint density at radius 3 is 2.36 bits per heavy atom. The second-order valence-electron chi connectivity index (χ2n) is 3.83. The highest BCUT2D eigenvalue weighted by Gasteiger charge is 2.66. The van der Waals surface area contributed by atoms with E-state index in [0.29, 0.717) is 13.1 Å². The number of likely N-dealkylation sites (tertiary alicyclic amines) is 1. The first-order chi connectivity index (χ1) is 6.72. The summed E-state index contributed by atoms with van der Waals surface area (Å²) in [5.74, 6) is -0.738. The number of aliphatic hydroxyl groups is 1. The Labute approximate surface area is 82.1 Å². The standard InChI is InChI=1S/C9H14N2O3/c1-10-2-3-11-8(13)6-5(4-12)7(6)9(11)14/h5-7,10,12H,2-4H2,1H3. The molecule has 0 aromatic heterocycles. The van der Waals surface area contributed by atoms with Crippen LogP contribution in [0.15, 0.2) is 0 Å². The molecule has 78 valence electrons. The van der Waals surface area contributed by atoms with Crippen molar-refractivity contribution in [2.45, 2.75) is 0 Å². The van der Waals surface area contributed by atoms with E-state index < -0.39 is 0 Å². The van der Waals surface area contributed by atoms with E-state index in [2.05, 4.69) is 5.32 Å². The van der Waals surface area contributed by atoms with Crippen LogP contribution in [0.5, 0.6) is 0 Å². The summed E-state index contributed by atoms with van der Waals surface area (Å²) in [6.45, 7) is 1.02. The molecule has 0 aromatic carbocycles. The van der Waals surface area contributed by atoms with Crippen LogP contribution in [0, 0.1) is 17.8 Å². The van der Waals surface area contributed by atoms with Crippen molar-refractivity contribution >= 4 is 11.8 Å². The first-order valence-corrected chi connectivity index (χ1v) is 4.83. The third-order valence-electron chi connectivity index (χ3n) is 3.07. The molecular weight excluding hydrogens is 184 g/mol. The molecule has 2 N–H and O–H groups in total. The van der Waals surface area contributed by atoms with Crippen LogP contribution in [0.3, 0.4) is 0 Å². The van der Waals surface area contributed by atoms with Crippen molar-refractivity contribution in [3.8, 4) is 0 Å². The summed E-state index contributed by atoms with van der Waals surface area (Å²) in [7, 11) is 1.78. The summed E-state index contributed by atoms with van der Waals surface area (Å²) in [6.07, 6.45) is 0. The molecule has 2 aliphatic rings. The highest BCUT2D eigenvalue weighted by molar-refractivity contribution is 6.09. The van der Waals surface area contributed by atoms with Crippen molar-refractivity contribution in [2.24, 2.45) is 17.8 Å². The number of likely N-dealkylation sites (N-methyl/N-ethyl adjacent to an activating group) is 1. The quantitative estimate of drug-likeness (QED) is 0.535. The fraction of sp³-hybridized carbons (Fsp3) is 0.778. The van der Waals surface area contributed by atoms with Gasteiger partial charge in [0.2, 0.25) is 11.8 Å². The lowest BCUT2D eigenvalue weighted by Gasteiger charge is -2.17. The Kier molecular flexibility index (Phi) is 2.28. The van der Waals surface area contributed by atoms with Crippen LogP contribution in [0.2, 0.25) is 0 Å². The molecule has 1 saturated carbocycles. The molecule has 1 saturated heterocycles. The smallest absolute Gasteiger partial charge is 0.233 e. The van der Waals surface area contributed by atoms with Gasteiger partial charge in [-0.25, -0.2) is 0 Å². The van der Waals surface area contributed by atoms with Crippen LogP contribution < -0.4 is 5.32 Å². The first kappa shape index (κ1) is 9.61. The average Bonchev–Trinajstić information content (AvgIpc) is 2.85. The van der Waals surface area contributed by atoms with Crippen molar-refractivity contribution in [3.05, 3.63) is 0 Å². The Morgan fingerprint density at radius 2 is 1.93 bits per heavy atom. The number of imide groups is 1. The minimum absolute atomic E-state index is 0.0489. The van der Waals surface area contributed by atoms with Gasteiger partial charge in [0.15, 0.2) is 0 Å². The third kappa shape index (κ3) is 1.16. The lowest BCUT2D eigenvalue weighted by atomic mass is 10.2. The van der Waals surface area contributed by atoms with E-state index in [1.165, 1.54) is 4.90 Å². The molecule has 2 amide bonds. The Morgan fingerprint density at radius 1 is 1.36 bits per heavy atom. The van der Waals surface area contributed by atoms with Gasteiger partial charge in [-0.2, -0.15) is 0 Å². The van der Waals surface area contributed by atoms with Gasteiger partial charge in [-0.15, -0.1) is 0 Å². The Bertz CT molecular complexity index is 257. The van der Waals surface area contributed by atoms with Crippen molar-refractivity contribution in [1.29, 1.82) is 0 Å². The predicted octanol–water partition coefficient (Wildman–Crippen LogP) is -1.57. The largest absolute Gasteiger partial charge is 0.396 e. The number of hydrogen-bond donors (Lipinski definition) is 2. The van der Waals surface area contributed by atoms with Gasteiger partial charge in [0.05, 0.1) is 11.8 Å². The molecule has 2 fully saturated rings. The monoisotopic (exact) mass is 198 g/mol. The van der Waals surface area contributed by atoms with Crippen molar-refractivity contribution in [1.82, 2.24) is 10.2 Å². The van der Waals surface area contributed by atoms with Gasteiger partial charge in [0, 0.05) is 25.6 Å². The zero-order chi connectivity index (χ0) is 10.3. The fourth-order valence-electron chi connectivity index (χ4n) is 2.19. The van der Waals surface area contributed by atoms with E-state index in [1.807, 2.05) is 0 Å². The van der Waals surface area contributed by atoms with Crippen LogP contribution in [-0.2, 0) is 9.59 Å². The van der Waals surface area contributed by atoms with Crippen molar-refractivity contribution < 1.29 is 14.7 Å². The van der Waals surface area contributed by atoms with Gasteiger partial charge in [-0.1, -0.05) is 0 Å². The van der Waals surface area contributed by atoms with Crippen molar-refractivity contribution in [3.63, 3.8) is 0 Å². The zero-order valence-corrected chi connectivity index (χ0v) is 8.06. The molecule has 0 aromatic rings. The lowest BCUT2D eigenvalue weighted by molar-refractivity contribution is -0.142. The maximum Gasteiger partial charge on any atom is 0.233 e. The van der Waals surface area contributed by atoms with Gasteiger partial charge in [-0.05, 0) is 7.05 Å². The molecule has 1 aliphatic carbocycles. The van der Waals surface area contributed by atoms with Gasteiger partial charge >= 0.3 is 0 Å². The van der Waals surface area contributed by atoms with Crippen molar-refractivity contribution in [2.75, 3.05) is 26.7 Å². The molecular formula is C9H14N2O3. The summed E-state index contributed by atoms with van der Waals surface area (Å²) in [6, 6.07) is 0. The second kappa shape index (κ2) is 3.33. The molecule has 2 atom stereocenters. The number of nitrogens with zero attached hydrogens (tertiary/aromatic N) is 1. The molecule has 0 spiro atoms. The maximum atomic E-state index is 11.6. The van der Waals surface area contributed by atoms with Gasteiger partial charge < -0.3 is 10.4 Å². The summed E-state index contributed by atoms with van der Waals surface area (Å²) in [5.41, 5.74) is 0. The molecule has 5 nitrogen and oxygen atoms in total. The van der Waals surface area contributed by atoms with Gasteiger partial charge in [0.1, 0.15) is 0 Å². The lowest BCUT2D eigenvalue weighted by Crippen LogP contribution is -2.39. The summed E-state index contributed by atoms with van der Waals surface area (Å²) in [4.78, 5) is 24.5. The van der Waals surface area contributed by atoms with Crippen LogP contribution in [-0.4, -0.2) is 48.6 Å². The van der Waals surface area contributed by atoms with E-state index >= 15 is 0 Å². The number of hydrogen-bond acceptors (Lipinski definition) is 4. The van der Waals surface area contributed by atoms with Crippen LogP contribution in [0.25, 0.3) is 0 Å². The molecule has 1 aliphatic heterocycles. The number of amides is 2.